The highest BCUT2D eigenvalue weighted by molar-refractivity contribution is 6.29. The Hall–Kier alpha value is -2.11. The molecule has 2 heterocycles. The summed E-state index contributed by atoms with van der Waals surface area (Å²) in [4.78, 5) is 18.9. The molecule has 6 heteroatoms. The van der Waals surface area contributed by atoms with Crippen molar-refractivity contribution in [1.29, 1.82) is 0 Å². The summed E-state index contributed by atoms with van der Waals surface area (Å²) in [7, 11) is 0. The molecule has 1 aromatic carbocycles. The lowest BCUT2D eigenvalue weighted by molar-refractivity contribution is -0.0124. The number of halogens is 1. The van der Waals surface area contributed by atoms with E-state index in [2.05, 4.69) is 4.98 Å². The second-order valence-corrected chi connectivity index (χ2v) is 7.80. The molecule has 0 radical (unpaired) electrons. The van der Waals surface area contributed by atoms with E-state index in [1.54, 1.807) is 17.2 Å². The van der Waals surface area contributed by atoms with Crippen LogP contribution in [0.4, 0.5) is 0 Å². The second kappa shape index (κ2) is 7.49. The lowest BCUT2D eigenvalue weighted by atomic mass is 9.90. The van der Waals surface area contributed by atoms with E-state index < -0.39 is 6.10 Å². The molecule has 1 amide bonds. The predicted octanol–water partition coefficient (Wildman–Crippen LogP) is 3.73. The second-order valence-electron chi connectivity index (χ2n) is 7.41. The van der Waals surface area contributed by atoms with Crippen LogP contribution in [0, 0.1) is 6.92 Å². The zero-order valence-electron chi connectivity index (χ0n) is 15.3. The molecule has 1 aromatic heterocycles. The molecular formula is C21H23ClN2O3. The number of benzene rings is 1. The van der Waals surface area contributed by atoms with Gasteiger partial charge in [0.1, 0.15) is 10.9 Å². The van der Waals surface area contributed by atoms with E-state index >= 15 is 0 Å². The van der Waals surface area contributed by atoms with Gasteiger partial charge in [0, 0.05) is 6.20 Å². The molecule has 1 aliphatic carbocycles. The van der Waals surface area contributed by atoms with Gasteiger partial charge in [-0.3, -0.25) is 9.69 Å². The quantitative estimate of drug-likeness (QED) is 0.816. The van der Waals surface area contributed by atoms with Gasteiger partial charge in [-0.25, -0.2) is 4.98 Å². The molecule has 4 rings (SSSR count). The average molecular weight is 387 g/mol. The Morgan fingerprint density at radius 3 is 2.85 bits per heavy atom. The van der Waals surface area contributed by atoms with E-state index in [1.807, 2.05) is 25.1 Å². The minimum atomic E-state index is -0.474. The normalized spacial score (nSPS) is 22.3. The number of hydrogen-bond donors (Lipinski definition) is 1. The summed E-state index contributed by atoms with van der Waals surface area (Å²) in [5, 5.41) is 10.8. The number of hydrogen-bond acceptors (Lipinski definition) is 4. The molecule has 0 bridgehead atoms. The average Bonchev–Trinajstić information content (AvgIpc) is 2.66. The number of aliphatic hydroxyl groups is 1. The van der Waals surface area contributed by atoms with Crippen molar-refractivity contribution < 1.29 is 14.6 Å². The predicted molar refractivity (Wildman–Crippen MR) is 103 cm³/mol. The summed E-state index contributed by atoms with van der Waals surface area (Å²) in [6, 6.07) is 7.40. The van der Waals surface area contributed by atoms with E-state index in [0.29, 0.717) is 22.9 Å². The number of carbonyl (C=O) groups is 1. The van der Waals surface area contributed by atoms with E-state index in [1.165, 1.54) is 0 Å². The molecule has 1 fully saturated rings. The molecule has 0 spiro atoms. The molecule has 1 saturated carbocycles. The van der Waals surface area contributed by atoms with Crippen LogP contribution in [0.15, 0.2) is 30.5 Å². The third-order valence-corrected chi connectivity index (χ3v) is 5.79. The number of rotatable bonds is 3. The van der Waals surface area contributed by atoms with Gasteiger partial charge in [-0.05, 0) is 61.1 Å². The fraction of sp³-hybridized carbons (Fsp3) is 0.429. The first-order chi connectivity index (χ1) is 13.0. The number of amides is 1. The van der Waals surface area contributed by atoms with Crippen molar-refractivity contribution in [2.24, 2.45) is 0 Å². The first-order valence-corrected chi connectivity index (χ1v) is 9.76. The highest BCUT2D eigenvalue weighted by Crippen LogP contribution is 2.33. The summed E-state index contributed by atoms with van der Waals surface area (Å²) in [5.74, 6) is 0.565. The molecule has 2 aromatic rings. The number of pyridine rings is 1. The Balaban J connectivity index is 1.61. The van der Waals surface area contributed by atoms with Gasteiger partial charge in [0.2, 0.25) is 0 Å². The zero-order valence-corrected chi connectivity index (χ0v) is 16.1. The minimum absolute atomic E-state index is 0.0577. The number of aryl methyl sites for hydroxylation is 1. The van der Waals surface area contributed by atoms with Crippen molar-refractivity contribution in [3.8, 4) is 5.75 Å². The number of fused-ring (bicyclic) bond motifs is 1. The Morgan fingerprint density at radius 1 is 1.30 bits per heavy atom. The van der Waals surface area contributed by atoms with Crippen molar-refractivity contribution in [2.45, 2.75) is 51.2 Å². The van der Waals surface area contributed by atoms with Crippen LogP contribution in [-0.4, -0.2) is 39.8 Å². The zero-order chi connectivity index (χ0) is 19.0. The van der Waals surface area contributed by atoms with Gasteiger partial charge in [0.25, 0.3) is 5.91 Å². The van der Waals surface area contributed by atoms with Gasteiger partial charge in [0.15, 0.2) is 6.73 Å². The lowest BCUT2D eigenvalue weighted by Crippen LogP contribution is -2.51. The van der Waals surface area contributed by atoms with Gasteiger partial charge in [-0.2, -0.15) is 0 Å². The molecule has 2 atom stereocenters. The van der Waals surface area contributed by atoms with Gasteiger partial charge in [0.05, 0.1) is 17.7 Å². The maximum atomic E-state index is 13.1. The van der Waals surface area contributed by atoms with Gasteiger partial charge >= 0.3 is 0 Å². The van der Waals surface area contributed by atoms with Crippen molar-refractivity contribution in [3.63, 3.8) is 0 Å². The van der Waals surface area contributed by atoms with E-state index in [0.717, 1.165) is 42.4 Å². The van der Waals surface area contributed by atoms with Gasteiger partial charge in [-0.15, -0.1) is 0 Å². The number of ether oxygens (including phenoxy) is 1. The van der Waals surface area contributed by atoms with Crippen molar-refractivity contribution in [3.05, 3.63) is 57.9 Å². The SMILES string of the molecule is Cc1cc2c(cc1Cc1ccc(Cl)nc1)C(=O)N([C@H]1CCCC[C@@H]1O)CO2. The molecule has 1 N–H and O–H groups in total. The van der Waals surface area contributed by atoms with Crippen LogP contribution >= 0.6 is 11.6 Å². The molecule has 0 saturated heterocycles. The van der Waals surface area contributed by atoms with Gasteiger partial charge < -0.3 is 9.84 Å². The van der Waals surface area contributed by atoms with Crippen LogP contribution in [0.25, 0.3) is 0 Å². The Labute approximate surface area is 163 Å². The summed E-state index contributed by atoms with van der Waals surface area (Å²) in [6.07, 6.45) is 5.55. The topological polar surface area (TPSA) is 62.7 Å². The first kappa shape index (κ1) is 18.3. The number of aromatic nitrogens is 1. The number of aliphatic hydroxyl groups excluding tert-OH is 1. The molecular weight excluding hydrogens is 364 g/mol. The van der Waals surface area contributed by atoms with Crippen LogP contribution in [0.2, 0.25) is 5.15 Å². The van der Waals surface area contributed by atoms with E-state index in [-0.39, 0.29) is 18.7 Å². The highest BCUT2D eigenvalue weighted by atomic mass is 35.5. The largest absolute Gasteiger partial charge is 0.472 e. The van der Waals surface area contributed by atoms with Crippen molar-refractivity contribution in [2.75, 3.05) is 6.73 Å². The Bertz CT molecular complexity index is 853. The monoisotopic (exact) mass is 386 g/mol. The third kappa shape index (κ3) is 3.66. The fourth-order valence-electron chi connectivity index (χ4n) is 3.99. The molecule has 5 nitrogen and oxygen atoms in total. The fourth-order valence-corrected chi connectivity index (χ4v) is 4.10. The van der Waals surface area contributed by atoms with Crippen LogP contribution in [0.3, 0.4) is 0 Å². The first-order valence-electron chi connectivity index (χ1n) is 9.38. The molecule has 142 valence electrons. The summed E-state index contributed by atoms with van der Waals surface area (Å²) in [6.45, 7) is 2.22. The van der Waals surface area contributed by atoms with Crippen molar-refractivity contribution >= 4 is 17.5 Å². The Morgan fingerprint density at radius 2 is 2.11 bits per heavy atom. The third-order valence-electron chi connectivity index (χ3n) is 5.57. The standard InChI is InChI=1S/C21H23ClN2O3/c1-13-8-19-16(10-15(13)9-14-6-7-20(22)23-11-14)21(26)24(12-27-19)17-4-2-3-5-18(17)25/h6-8,10-11,17-18,25H,2-5,9,12H2,1H3/t17-,18-/m0/s1. The van der Waals surface area contributed by atoms with Gasteiger partial charge in [-0.1, -0.05) is 30.5 Å². The molecule has 1 aliphatic heterocycles. The number of carbonyl (C=O) groups excluding carboxylic acids is 1. The Kier molecular flexibility index (Phi) is 5.06. The van der Waals surface area contributed by atoms with Crippen LogP contribution in [0.1, 0.15) is 52.7 Å². The van der Waals surface area contributed by atoms with Crippen LogP contribution in [0.5, 0.6) is 5.75 Å². The molecule has 27 heavy (non-hydrogen) atoms. The van der Waals surface area contributed by atoms with E-state index in [4.69, 9.17) is 16.3 Å². The molecule has 2 aliphatic rings. The molecule has 0 unspecified atom stereocenters. The van der Waals surface area contributed by atoms with Crippen molar-refractivity contribution in [1.82, 2.24) is 9.88 Å². The lowest BCUT2D eigenvalue weighted by Gasteiger charge is -2.39. The summed E-state index contributed by atoms with van der Waals surface area (Å²) < 4.78 is 5.87. The smallest absolute Gasteiger partial charge is 0.260 e. The highest BCUT2D eigenvalue weighted by Gasteiger charge is 2.36. The number of nitrogens with zero attached hydrogens (tertiary/aromatic N) is 2. The summed E-state index contributed by atoms with van der Waals surface area (Å²) in [5.41, 5.74) is 3.73. The van der Waals surface area contributed by atoms with Crippen LogP contribution < -0.4 is 4.74 Å². The maximum absolute atomic E-state index is 13.1. The van der Waals surface area contributed by atoms with Crippen LogP contribution in [-0.2, 0) is 6.42 Å². The maximum Gasteiger partial charge on any atom is 0.260 e. The van der Waals surface area contributed by atoms with E-state index in [9.17, 15) is 9.90 Å². The summed E-state index contributed by atoms with van der Waals surface area (Å²) >= 11 is 5.86. The minimum Gasteiger partial charge on any atom is -0.472 e.